The van der Waals surface area contributed by atoms with Crippen LogP contribution in [0.4, 0.5) is 0 Å². The second-order valence-corrected chi connectivity index (χ2v) is 7.88. The molecule has 0 fully saturated rings. The summed E-state index contributed by atoms with van der Waals surface area (Å²) in [6.45, 7) is 3.04. The SMILES string of the molecule is COc1ccc(-c2noc(CCC(=O)NCCCNC3=C4C(C)=CC=CC4C(=O)N=N3)n2)cc1. The molecule has 1 unspecified atom stereocenters. The van der Waals surface area contributed by atoms with E-state index in [9.17, 15) is 9.59 Å². The van der Waals surface area contributed by atoms with Gasteiger partial charge in [-0.25, -0.2) is 0 Å². The lowest BCUT2D eigenvalue weighted by Crippen LogP contribution is -2.29. The number of ether oxygens (including phenoxy) is 1. The number of aromatic nitrogens is 2. The van der Waals surface area contributed by atoms with Gasteiger partial charge < -0.3 is 19.9 Å². The Hall–Kier alpha value is -4.08. The van der Waals surface area contributed by atoms with Gasteiger partial charge in [-0.05, 0) is 43.2 Å². The van der Waals surface area contributed by atoms with Crippen molar-refractivity contribution in [3.63, 3.8) is 0 Å². The molecule has 2 N–H and O–H groups in total. The normalized spacial score (nSPS) is 16.8. The first-order valence-electron chi connectivity index (χ1n) is 11.1. The summed E-state index contributed by atoms with van der Waals surface area (Å²) in [5.41, 5.74) is 2.67. The summed E-state index contributed by atoms with van der Waals surface area (Å²) >= 11 is 0. The highest BCUT2D eigenvalue weighted by Crippen LogP contribution is 2.32. The van der Waals surface area contributed by atoms with Gasteiger partial charge in [0.1, 0.15) is 5.75 Å². The molecular weight excluding hydrogens is 436 g/mol. The Kier molecular flexibility index (Phi) is 7.26. The molecule has 1 aromatic carbocycles. The van der Waals surface area contributed by atoms with Crippen LogP contribution in [-0.4, -0.2) is 42.2 Å². The Morgan fingerprint density at radius 2 is 2.00 bits per heavy atom. The Bertz CT molecular complexity index is 1180. The van der Waals surface area contributed by atoms with E-state index >= 15 is 0 Å². The number of nitrogens with zero attached hydrogens (tertiary/aromatic N) is 4. The zero-order valence-electron chi connectivity index (χ0n) is 19.1. The number of rotatable bonds is 10. The quantitative estimate of drug-likeness (QED) is 0.519. The molecule has 0 bridgehead atoms. The predicted octanol–water partition coefficient (Wildman–Crippen LogP) is 3.11. The summed E-state index contributed by atoms with van der Waals surface area (Å²) in [7, 11) is 1.61. The summed E-state index contributed by atoms with van der Waals surface area (Å²) in [5, 5.41) is 17.8. The van der Waals surface area contributed by atoms with Gasteiger partial charge >= 0.3 is 0 Å². The number of azo groups is 1. The second kappa shape index (κ2) is 10.7. The molecule has 2 aromatic rings. The van der Waals surface area contributed by atoms with E-state index in [0.29, 0.717) is 43.5 Å². The van der Waals surface area contributed by atoms with E-state index in [0.717, 1.165) is 22.5 Å². The molecule has 1 atom stereocenters. The number of hydrogen-bond acceptors (Lipinski definition) is 8. The van der Waals surface area contributed by atoms with E-state index in [-0.39, 0.29) is 24.2 Å². The average Bonchev–Trinajstić information content (AvgIpc) is 3.33. The van der Waals surface area contributed by atoms with Crippen molar-refractivity contribution in [3.8, 4) is 17.1 Å². The van der Waals surface area contributed by atoms with Crippen LogP contribution in [0, 0.1) is 5.92 Å². The van der Waals surface area contributed by atoms with E-state index in [1.165, 1.54) is 0 Å². The average molecular weight is 463 g/mol. The van der Waals surface area contributed by atoms with Gasteiger partial charge in [-0.15, -0.1) is 10.2 Å². The van der Waals surface area contributed by atoms with Crippen LogP contribution in [0.5, 0.6) is 5.75 Å². The maximum absolute atomic E-state index is 12.2. The molecular formula is C24H26N6O4. The number of carbonyl (C=O) groups excluding carboxylic acids is 2. The molecule has 0 saturated carbocycles. The van der Waals surface area contributed by atoms with Crippen molar-refractivity contribution in [1.82, 2.24) is 20.8 Å². The van der Waals surface area contributed by atoms with Crippen LogP contribution < -0.4 is 15.4 Å². The molecule has 1 aliphatic heterocycles. The lowest BCUT2D eigenvalue weighted by Gasteiger charge is -2.23. The molecule has 0 saturated heterocycles. The fourth-order valence-electron chi connectivity index (χ4n) is 3.67. The van der Waals surface area contributed by atoms with E-state index in [1.54, 1.807) is 7.11 Å². The summed E-state index contributed by atoms with van der Waals surface area (Å²) in [6, 6.07) is 7.34. The van der Waals surface area contributed by atoms with Crippen LogP contribution in [0.1, 0.15) is 25.7 Å². The molecule has 1 aromatic heterocycles. The minimum Gasteiger partial charge on any atom is -0.497 e. The minimum atomic E-state index is -0.375. The van der Waals surface area contributed by atoms with Crippen molar-refractivity contribution in [2.75, 3.05) is 20.2 Å². The molecule has 2 heterocycles. The molecule has 34 heavy (non-hydrogen) atoms. The molecule has 10 heteroatoms. The molecule has 0 spiro atoms. The summed E-state index contributed by atoms with van der Waals surface area (Å²) in [4.78, 5) is 28.5. The number of nitrogens with one attached hydrogen (secondary N) is 2. The van der Waals surface area contributed by atoms with Crippen molar-refractivity contribution >= 4 is 11.8 Å². The Balaban J connectivity index is 1.18. The van der Waals surface area contributed by atoms with Gasteiger partial charge in [0.2, 0.25) is 17.6 Å². The highest BCUT2D eigenvalue weighted by Gasteiger charge is 2.29. The smallest absolute Gasteiger partial charge is 0.276 e. The first-order chi connectivity index (χ1) is 16.5. The number of benzene rings is 1. The van der Waals surface area contributed by atoms with Gasteiger partial charge in [-0.1, -0.05) is 23.4 Å². The third-order valence-electron chi connectivity index (χ3n) is 5.51. The molecule has 2 aliphatic rings. The fourth-order valence-corrected chi connectivity index (χ4v) is 3.67. The van der Waals surface area contributed by atoms with E-state index in [4.69, 9.17) is 9.26 Å². The number of methoxy groups -OCH3 is 1. The lowest BCUT2D eigenvalue weighted by atomic mass is 9.87. The Labute approximate surface area is 196 Å². The van der Waals surface area contributed by atoms with Crippen LogP contribution in [0.25, 0.3) is 11.4 Å². The fraction of sp³-hybridized carbons (Fsp3) is 0.333. The monoisotopic (exact) mass is 462 g/mol. The second-order valence-electron chi connectivity index (χ2n) is 7.88. The van der Waals surface area contributed by atoms with Gasteiger partial charge in [-0.2, -0.15) is 4.98 Å². The topological polar surface area (TPSA) is 131 Å². The van der Waals surface area contributed by atoms with E-state index in [1.807, 2.05) is 49.4 Å². The molecule has 10 nitrogen and oxygen atoms in total. The number of carbonyl (C=O) groups is 2. The number of hydrogen-bond donors (Lipinski definition) is 2. The first kappa shape index (κ1) is 23.1. The van der Waals surface area contributed by atoms with Gasteiger partial charge in [-0.3, -0.25) is 9.59 Å². The van der Waals surface area contributed by atoms with E-state index in [2.05, 4.69) is 31.0 Å². The van der Waals surface area contributed by atoms with Crippen LogP contribution in [0.2, 0.25) is 0 Å². The van der Waals surface area contributed by atoms with Gasteiger partial charge in [0.05, 0.1) is 13.0 Å². The van der Waals surface area contributed by atoms with Gasteiger partial charge in [0.25, 0.3) is 5.91 Å². The number of amides is 2. The maximum atomic E-state index is 12.2. The Morgan fingerprint density at radius 1 is 1.18 bits per heavy atom. The van der Waals surface area contributed by atoms with Crippen LogP contribution in [0.3, 0.4) is 0 Å². The van der Waals surface area contributed by atoms with Crippen molar-refractivity contribution in [2.45, 2.75) is 26.2 Å². The summed E-state index contributed by atoms with van der Waals surface area (Å²) in [6.07, 6.45) is 6.94. The zero-order valence-corrected chi connectivity index (χ0v) is 19.1. The molecule has 176 valence electrons. The van der Waals surface area contributed by atoms with Gasteiger partial charge in [0, 0.05) is 37.1 Å². The number of aryl methyl sites for hydroxylation is 1. The molecule has 0 radical (unpaired) electrons. The van der Waals surface area contributed by atoms with Crippen molar-refractivity contribution in [3.05, 3.63) is 65.4 Å². The van der Waals surface area contributed by atoms with Crippen molar-refractivity contribution in [2.24, 2.45) is 16.1 Å². The third kappa shape index (κ3) is 5.45. The molecule has 1 aliphatic carbocycles. The largest absolute Gasteiger partial charge is 0.497 e. The predicted molar refractivity (Wildman–Crippen MR) is 124 cm³/mol. The maximum Gasteiger partial charge on any atom is 0.276 e. The lowest BCUT2D eigenvalue weighted by molar-refractivity contribution is -0.121. The Morgan fingerprint density at radius 3 is 2.79 bits per heavy atom. The zero-order chi connectivity index (χ0) is 23.9. The summed E-state index contributed by atoms with van der Waals surface area (Å²) < 4.78 is 10.4. The van der Waals surface area contributed by atoms with Crippen LogP contribution >= 0.6 is 0 Å². The molecule has 2 amide bonds. The van der Waals surface area contributed by atoms with Gasteiger partial charge in [0.15, 0.2) is 5.82 Å². The standard InChI is InChI=1S/C24H26N6O4/c1-15-5-3-6-18-21(15)23(28-29-24(18)32)26-14-4-13-25-19(31)11-12-20-27-22(30-34-20)16-7-9-17(33-2)10-8-16/h3,5-10,18,26H,4,11-14H2,1-2H3,(H,25,31). The number of fused-ring (bicyclic) bond motifs is 1. The van der Waals surface area contributed by atoms with Crippen molar-refractivity contribution in [1.29, 1.82) is 0 Å². The minimum absolute atomic E-state index is 0.0922. The summed E-state index contributed by atoms with van der Waals surface area (Å²) in [5.74, 6) is 1.52. The third-order valence-corrected chi connectivity index (χ3v) is 5.51. The highest BCUT2D eigenvalue weighted by molar-refractivity contribution is 5.87. The highest BCUT2D eigenvalue weighted by atomic mass is 16.5. The molecule has 4 rings (SSSR count). The van der Waals surface area contributed by atoms with Crippen molar-refractivity contribution < 1.29 is 18.8 Å². The van der Waals surface area contributed by atoms with Crippen LogP contribution in [0.15, 0.2) is 74.2 Å². The van der Waals surface area contributed by atoms with E-state index < -0.39 is 0 Å². The number of allylic oxidation sites excluding steroid dienone is 3. The first-order valence-corrected chi connectivity index (χ1v) is 11.1. The van der Waals surface area contributed by atoms with Crippen LogP contribution in [-0.2, 0) is 16.0 Å².